The number of benzene rings is 1. The minimum atomic E-state index is -0.379. The number of pyridine rings is 1. The molecule has 4 rings (SSSR count). The number of nitrogens with one attached hydrogen (secondary N) is 2. The van der Waals surface area contributed by atoms with E-state index in [1.165, 1.54) is 0 Å². The van der Waals surface area contributed by atoms with Gasteiger partial charge < -0.3 is 15.7 Å². The lowest BCUT2D eigenvalue weighted by Gasteiger charge is -2.35. The molecule has 1 aromatic carbocycles. The number of dihydropyridines is 1. The van der Waals surface area contributed by atoms with Crippen molar-refractivity contribution in [2.24, 2.45) is 0 Å². The molecule has 6 nitrogen and oxygen atoms in total. The fourth-order valence-electron chi connectivity index (χ4n) is 4.14. The smallest absolute Gasteiger partial charge is 0.255 e. The van der Waals surface area contributed by atoms with Crippen molar-refractivity contribution in [3.8, 4) is 0 Å². The van der Waals surface area contributed by atoms with Crippen molar-refractivity contribution in [3.63, 3.8) is 0 Å². The summed E-state index contributed by atoms with van der Waals surface area (Å²) < 4.78 is 0.839. The lowest BCUT2D eigenvalue weighted by atomic mass is 9.74. The van der Waals surface area contributed by atoms with Crippen molar-refractivity contribution < 1.29 is 14.7 Å². The van der Waals surface area contributed by atoms with E-state index >= 15 is 0 Å². The highest BCUT2D eigenvalue weighted by molar-refractivity contribution is 9.10. The van der Waals surface area contributed by atoms with E-state index in [9.17, 15) is 9.59 Å². The Labute approximate surface area is 197 Å². The number of anilines is 1. The van der Waals surface area contributed by atoms with Gasteiger partial charge in [0, 0.05) is 52.2 Å². The van der Waals surface area contributed by atoms with E-state index in [-0.39, 0.29) is 24.2 Å². The minimum Gasteiger partial charge on any atom is -0.397 e. The molecule has 0 saturated heterocycles. The number of aliphatic hydroxyl groups excluding tert-OH is 1. The SMILES string of the molecule is CC1=C(C(=O)Nc2ccc(Br)cn2)C(c2ccccc2C)C2=C(CCCC2=O)N1.CCO. The highest BCUT2D eigenvalue weighted by Crippen LogP contribution is 2.43. The lowest BCUT2D eigenvalue weighted by Crippen LogP contribution is -2.35. The van der Waals surface area contributed by atoms with E-state index < -0.39 is 0 Å². The van der Waals surface area contributed by atoms with Gasteiger partial charge in [0.15, 0.2) is 5.78 Å². The van der Waals surface area contributed by atoms with Gasteiger partial charge in [-0.05, 0) is 72.8 Å². The van der Waals surface area contributed by atoms with Gasteiger partial charge in [-0.2, -0.15) is 0 Å². The second-order valence-corrected chi connectivity index (χ2v) is 8.67. The largest absolute Gasteiger partial charge is 0.397 e. The van der Waals surface area contributed by atoms with Crippen molar-refractivity contribution in [1.82, 2.24) is 10.3 Å². The van der Waals surface area contributed by atoms with E-state index in [2.05, 4.69) is 31.5 Å². The second kappa shape index (κ2) is 10.7. The third-order valence-electron chi connectivity index (χ3n) is 5.49. The molecule has 168 valence electrons. The molecule has 3 N–H and O–H groups in total. The zero-order chi connectivity index (χ0) is 23.3. The molecule has 1 unspecified atom stereocenters. The van der Waals surface area contributed by atoms with Crippen LogP contribution in [0.5, 0.6) is 0 Å². The van der Waals surface area contributed by atoms with Gasteiger partial charge in [-0.15, -0.1) is 0 Å². The summed E-state index contributed by atoms with van der Waals surface area (Å²) in [6.07, 6.45) is 3.82. The van der Waals surface area contributed by atoms with Crippen molar-refractivity contribution in [2.75, 3.05) is 11.9 Å². The first-order valence-corrected chi connectivity index (χ1v) is 11.5. The minimum absolute atomic E-state index is 0.117. The number of aliphatic hydroxyl groups is 1. The number of hydrogen-bond acceptors (Lipinski definition) is 5. The normalized spacial score (nSPS) is 17.8. The van der Waals surface area contributed by atoms with Crippen LogP contribution in [-0.4, -0.2) is 28.4 Å². The molecule has 2 heterocycles. The van der Waals surface area contributed by atoms with Crippen LogP contribution < -0.4 is 10.6 Å². The molecule has 0 fully saturated rings. The van der Waals surface area contributed by atoms with Gasteiger partial charge in [0.05, 0.1) is 0 Å². The Bertz CT molecular complexity index is 1070. The van der Waals surface area contributed by atoms with Gasteiger partial charge in [-0.3, -0.25) is 9.59 Å². The molecule has 1 aliphatic carbocycles. The van der Waals surface area contributed by atoms with E-state index in [1.807, 2.05) is 44.2 Å². The monoisotopic (exact) mass is 497 g/mol. The predicted octanol–water partition coefficient (Wildman–Crippen LogP) is 4.76. The van der Waals surface area contributed by atoms with Gasteiger partial charge in [0.1, 0.15) is 5.82 Å². The van der Waals surface area contributed by atoms with E-state index in [0.29, 0.717) is 17.8 Å². The number of allylic oxidation sites excluding steroid dienone is 3. The summed E-state index contributed by atoms with van der Waals surface area (Å²) in [6.45, 7) is 5.85. The highest BCUT2D eigenvalue weighted by Gasteiger charge is 2.38. The summed E-state index contributed by atoms with van der Waals surface area (Å²) in [7, 11) is 0. The summed E-state index contributed by atoms with van der Waals surface area (Å²) in [4.78, 5) is 30.5. The Morgan fingerprint density at radius 2 is 1.94 bits per heavy atom. The maximum absolute atomic E-state index is 13.3. The highest BCUT2D eigenvalue weighted by atomic mass is 79.9. The first-order chi connectivity index (χ1) is 15.4. The van der Waals surface area contributed by atoms with Gasteiger partial charge >= 0.3 is 0 Å². The van der Waals surface area contributed by atoms with Crippen LogP contribution in [0, 0.1) is 6.92 Å². The molecular weight excluding hydrogens is 470 g/mol. The number of rotatable bonds is 3. The van der Waals surface area contributed by atoms with Crippen LogP contribution >= 0.6 is 15.9 Å². The number of amides is 1. The van der Waals surface area contributed by atoms with Crippen LogP contribution in [0.3, 0.4) is 0 Å². The van der Waals surface area contributed by atoms with Crippen LogP contribution in [0.2, 0.25) is 0 Å². The molecule has 1 amide bonds. The summed E-state index contributed by atoms with van der Waals surface area (Å²) in [6, 6.07) is 11.5. The van der Waals surface area contributed by atoms with Crippen molar-refractivity contribution in [1.29, 1.82) is 0 Å². The number of carbonyl (C=O) groups is 2. The van der Waals surface area contributed by atoms with Gasteiger partial charge in [0.2, 0.25) is 0 Å². The van der Waals surface area contributed by atoms with Crippen molar-refractivity contribution >= 4 is 33.4 Å². The number of halogens is 1. The van der Waals surface area contributed by atoms with Crippen LogP contribution in [0.4, 0.5) is 5.82 Å². The standard InChI is InChI=1S/C23H22BrN3O2.C2H6O/c1-13-6-3-4-7-16(13)21-20(23(29)27-19-11-10-15(24)12-25-19)14(2)26-17-8-5-9-18(28)22(17)21;1-2-3/h3-4,6-7,10-12,21,26H,5,8-9H2,1-2H3,(H,25,27,29);3H,2H2,1H3. The van der Waals surface area contributed by atoms with Crippen LogP contribution in [0.25, 0.3) is 0 Å². The van der Waals surface area contributed by atoms with Gasteiger partial charge in [0.25, 0.3) is 5.91 Å². The van der Waals surface area contributed by atoms with Gasteiger partial charge in [-0.1, -0.05) is 24.3 Å². The molecule has 0 bridgehead atoms. The average molecular weight is 498 g/mol. The number of carbonyl (C=O) groups excluding carboxylic acids is 2. The molecule has 0 spiro atoms. The maximum atomic E-state index is 13.3. The summed E-state index contributed by atoms with van der Waals surface area (Å²) in [5.74, 6) is -0.0398. The van der Waals surface area contributed by atoms with Crippen LogP contribution in [0.15, 0.2) is 69.6 Å². The molecular formula is C25H28BrN3O3. The molecule has 2 aliphatic rings. The molecule has 2 aromatic rings. The molecule has 1 aliphatic heterocycles. The molecule has 0 saturated carbocycles. The number of hydrogen-bond donors (Lipinski definition) is 3. The van der Waals surface area contributed by atoms with Crippen molar-refractivity contribution in [3.05, 3.63) is 80.7 Å². The zero-order valence-corrected chi connectivity index (χ0v) is 20.1. The number of Topliss-reactive ketones (excluding diaryl/α,β-unsaturated/α-hetero) is 1. The molecule has 1 atom stereocenters. The predicted molar refractivity (Wildman–Crippen MR) is 129 cm³/mol. The van der Waals surface area contributed by atoms with Gasteiger partial charge in [-0.25, -0.2) is 4.98 Å². The quantitative estimate of drug-likeness (QED) is 0.568. The summed E-state index contributed by atoms with van der Waals surface area (Å²) in [5.41, 5.74) is 5.07. The average Bonchev–Trinajstić information content (AvgIpc) is 2.75. The summed E-state index contributed by atoms with van der Waals surface area (Å²) in [5, 5.41) is 13.8. The Morgan fingerprint density at radius 3 is 2.59 bits per heavy atom. The topological polar surface area (TPSA) is 91.3 Å². The fourth-order valence-corrected chi connectivity index (χ4v) is 4.37. The number of ketones is 1. The fraction of sp³-hybridized carbons (Fsp3) is 0.320. The Kier molecular flexibility index (Phi) is 7.99. The lowest BCUT2D eigenvalue weighted by molar-refractivity contribution is -0.116. The third-order valence-corrected chi connectivity index (χ3v) is 5.96. The number of nitrogens with zero attached hydrogens (tertiary/aromatic N) is 1. The molecule has 7 heteroatoms. The van der Waals surface area contributed by atoms with E-state index in [0.717, 1.165) is 45.4 Å². The Morgan fingerprint density at radius 1 is 1.22 bits per heavy atom. The molecule has 32 heavy (non-hydrogen) atoms. The molecule has 0 radical (unpaired) electrons. The van der Waals surface area contributed by atoms with Crippen LogP contribution in [0.1, 0.15) is 50.2 Å². The zero-order valence-electron chi connectivity index (χ0n) is 18.5. The second-order valence-electron chi connectivity index (χ2n) is 7.75. The number of aromatic nitrogens is 1. The first kappa shape index (κ1) is 23.9. The molecule has 1 aromatic heterocycles. The van der Waals surface area contributed by atoms with E-state index in [4.69, 9.17) is 5.11 Å². The first-order valence-electron chi connectivity index (χ1n) is 10.7. The third kappa shape index (κ3) is 5.16. The maximum Gasteiger partial charge on any atom is 0.255 e. The Hall–Kier alpha value is -2.77. The van der Waals surface area contributed by atoms with E-state index in [1.54, 1.807) is 19.2 Å². The van der Waals surface area contributed by atoms with Crippen molar-refractivity contribution in [2.45, 2.75) is 46.0 Å². The van der Waals surface area contributed by atoms with Crippen LogP contribution in [-0.2, 0) is 9.59 Å². The Balaban J connectivity index is 0.000000913. The number of aryl methyl sites for hydroxylation is 1. The summed E-state index contributed by atoms with van der Waals surface area (Å²) >= 11 is 3.35.